The molecule has 0 aliphatic heterocycles. The number of nitrogens with zero attached hydrogens (tertiary/aromatic N) is 1. The molecule has 2 aromatic carbocycles. The number of rotatable bonds is 3. The van der Waals surface area contributed by atoms with Crippen molar-refractivity contribution in [3.8, 4) is 0 Å². The monoisotopic (exact) mass is 309 g/mol. The van der Waals surface area contributed by atoms with E-state index in [0.29, 0.717) is 5.69 Å². The van der Waals surface area contributed by atoms with Crippen molar-refractivity contribution in [1.29, 1.82) is 0 Å². The maximum atomic E-state index is 11.9. The summed E-state index contributed by atoms with van der Waals surface area (Å²) in [5, 5.41) is 6.44. The third-order valence-corrected chi connectivity index (χ3v) is 3.48. The molecular formula is C18H19N3O2. The summed E-state index contributed by atoms with van der Waals surface area (Å²) in [5.41, 5.74) is 6.59. The van der Waals surface area contributed by atoms with Gasteiger partial charge in [-0.3, -0.25) is 9.59 Å². The maximum absolute atomic E-state index is 11.9. The van der Waals surface area contributed by atoms with E-state index in [4.69, 9.17) is 0 Å². The lowest BCUT2D eigenvalue weighted by Gasteiger charge is -2.10. The van der Waals surface area contributed by atoms with Gasteiger partial charge in [-0.2, -0.15) is 5.10 Å². The molecule has 0 aliphatic carbocycles. The number of hydrazone groups is 1. The van der Waals surface area contributed by atoms with Crippen LogP contribution < -0.4 is 10.7 Å². The van der Waals surface area contributed by atoms with Crippen LogP contribution in [0.4, 0.5) is 5.69 Å². The molecule has 0 fully saturated rings. The molecule has 0 heterocycles. The smallest absolute Gasteiger partial charge is 0.317 e. The molecule has 0 saturated heterocycles. The minimum absolute atomic E-state index is 0.649. The molecule has 0 atom stereocenters. The second-order valence-electron chi connectivity index (χ2n) is 5.28. The van der Waals surface area contributed by atoms with Crippen molar-refractivity contribution in [2.45, 2.75) is 20.8 Å². The highest BCUT2D eigenvalue weighted by Crippen LogP contribution is 2.19. The van der Waals surface area contributed by atoms with E-state index in [1.165, 1.54) is 6.21 Å². The lowest BCUT2D eigenvalue weighted by molar-refractivity contribution is -0.136. The third-order valence-electron chi connectivity index (χ3n) is 3.48. The number of benzene rings is 2. The largest absolute Gasteiger partial charge is 0.329 e. The molecule has 0 aliphatic rings. The summed E-state index contributed by atoms with van der Waals surface area (Å²) in [5.74, 6) is -1.55. The molecule has 0 aromatic heterocycles. The van der Waals surface area contributed by atoms with Gasteiger partial charge in [-0.1, -0.05) is 42.5 Å². The zero-order valence-electron chi connectivity index (χ0n) is 13.4. The van der Waals surface area contributed by atoms with E-state index in [0.717, 1.165) is 22.3 Å². The van der Waals surface area contributed by atoms with Crippen molar-refractivity contribution in [1.82, 2.24) is 5.43 Å². The standard InChI is InChI=1S/C18H19N3O2/c1-12-7-4-5-10-15(12)11-19-21-18(23)17(22)20-16-13(2)8-6-9-14(16)3/h4-11H,1-3H3,(H,20,22)(H,21,23)/b19-11+. The van der Waals surface area contributed by atoms with E-state index >= 15 is 0 Å². The molecule has 23 heavy (non-hydrogen) atoms. The number of hydrogen-bond donors (Lipinski definition) is 2. The number of anilines is 1. The Bertz CT molecular complexity index is 746. The zero-order valence-corrected chi connectivity index (χ0v) is 13.4. The van der Waals surface area contributed by atoms with Gasteiger partial charge in [-0.05, 0) is 43.0 Å². The fourth-order valence-electron chi connectivity index (χ4n) is 2.12. The quantitative estimate of drug-likeness (QED) is 0.520. The Labute approximate surface area is 135 Å². The second kappa shape index (κ2) is 7.35. The number of carbonyl (C=O) groups excluding carboxylic acids is 2. The lowest BCUT2D eigenvalue weighted by Crippen LogP contribution is -2.32. The Morgan fingerprint density at radius 3 is 2.13 bits per heavy atom. The molecule has 0 bridgehead atoms. The van der Waals surface area contributed by atoms with Gasteiger partial charge in [0.05, 0.1) is 6.21 Å². The number of aryl methyl sites for hydroxylation is 3. The summed E-state index contributed by atoms with van der Waals surface area (Å²) in [6.45, 7) is 5.69. The normalized spacial score (nSPS) is 10.6. The minimum Gasteiger partial charge on any atom is -0.317 e. The molecular weight excluding hydrogens is 290 g/mol. The summed E-state index contributed by atoms with van der Waals surface area (Å²) in [6, 6.07) is 13.3. The van der Waals surface area contributed by atoms with E-state index < -0.39 is 11.8 Å². The van der Waals surface area contributed by atoms with Crippen molar-refractivity contribution in [3.05, 3.63) is 64.7 Å². The van der Waals surface area contributed by atoms with Crippen LogP contribution in [0.5, 0.6) is 0 Å². The van der Waals surface area contributed by atoms with Gasteiger partial charge in [-0.25, -0.2) is 5.43 Å². The summed E-state index contributed by atoms with van der Waals surface area (Å²) >= 11 is 0. The molecule has 0 unspecified atom stereocenters. The Morgan fingerprint density at radius 2 is 1.48 bits per heavy atom. The average Bonchev–Trinajstić information content (AvgIpc) is 2.52. The molecule has 0 saturated carbocycles. The van der Waals surface area contributed by atoms with Gasteiger partial charge in [0.1, 0.15) is 0 Å². The maximum Gasteiger partial charge on any atom is 0.329 e. The number of nitrogens with one attached hydrogen (secondary N) is 2. The van der Waals surface area contributed by atoms with Gasteiger partial charge in [-0.15, -0.1) is 0 Å². The first-order valence-electron chi connectivity index (χ1n) is 7.25. The molecule has 5 heteroatoms. The second-order valence-corrected chi connectivity index (χ2v) is 5.28. The van der Waals surface area contributed by atoms with Crippen LogP contribution in [0.2, 0.25) is 0 Å². The first-order valence-corrected chi connectivity index (χ1v) is 7.25. The van der Waals surface area contributed by atoms with Crippen LogP contribution in [0.25, 0.3) is 0 Å². The fraction of sp³-hybridized carbons (Fsp3) is 0.167. The summed E-state index contributed by atoms with van der Waals surface area (Å²) < 4.78 is 0. The van der Waals surface area contributed by atoms with Crippen molar-refractivity contribution >= 4 is 23.7 Å². The van der Waals surface area contributed by atoms with Gasteiger partial charge in [0.15, 0.2) is 0 Å². The predicted octanol–water partition coefficient (Wildman–Crippen LogP) is 2.70. The van der Waals surface area contributed by atoms with E-state index in [-0.39, 0.29) is 0 Å². The first kappa shape index (κ1) is 16.4. The van der Waals surface area contributed by atoms with Crippen LogP contribution in [0.1, 0.15) is 22.3 Å². The van der Waals surface area contributed by atoms with Gasteiger partial charge in [0.25, 0.3) is 0 Å². The van der Waals surface area contributed by atoms with Gasteiger partial charge < -0.3 is 5.32 Å². The Morgan fingerprint density at radius 1 is 0.870 bits per heavy atom. The summed E-state index contributed by atoms with van der Waals surface area (Å²) in [7, 11) is 0. The summed E-state index contributed by atoms with van der Waals surface area (Å²) in [4.78, 5) is 23.7. The highest BCUT2D eigenvalue weighted by Gasteiger charge is 2.14. The summed E-state index contributed by atoms with van der Waals surface area (Å²) in [6.07, 6.45) is 1.51. The highest BCUT2D eigenvalue weighted by molar-refractivity contribution is 6.39. The van der Waals surface area contributed by atoms with Crippen molar-refractivity contribution in [2.24, 2.45) is 5.10 Å². The van der Waals surface area contributed by atoms with Crippen LogP contribution in [0.15, 0.2) is 47.6 Å². The number of carbonyl (C=O) groups is 2. The first-order chi connectivity index (χ1) is 11.0. The SMILES string of the molecule is Cc1ccccc1/C=N/NC(=O)C(=O)Nc1c(C)cccc1C. The van der Waals surface area contributed by atoms with Gasteiger partial charge in [0, 0.05) is 5.69 Å². The molecule has 0 spiro atoms. The Kier molecular flexibility index (Phi) is 5.25. The number of amides is 2. The zero-order chi connectivity index (χ0) is 16.8. The van der Waals surface area contributed by atoms with Crippen LogP contribution >= 0.6 is 0 Å². The van der Waals surface area contributed by atoms with Gasteiger partial charge in [0.2, 0.25) is 0 Å². The molecule has 0 radical (unpaired) electrons. The van der Waals surface area contributed by atoms with E-state index in [1.54, 1.807) is 0 Å². The molecule has 2 amide bonds. The van der Waals surface area contributed by atoms with Crippen LogP contribution in [-0.2, 0) is 9.59 Å². The number of hydrogen-bond acceptors (Lipinski definition) is 3. The number of para-hydroxylation sites is 1. The average molecular weight is 309 g/mol. The van der Waals surface area contributed by atoms with Crippen molar-refractivity contribution < 1.29 is 9.59 Å². The highest BCUT2D eigenvalue weighted by atomic mass is 16.2. The molecule has 2 N–H and O–H groups in total. The van der Waals surface area contributed by atoms with Crippen LogP contribution in [0.3, 0.4) is 0 Å². The Hall–Kier alpha value is -2.95. The van der Waals surface area contributed by atoms with E-state index in [9.17, 15) is 9.59 Å². The van der Waals surface area contributed by atoms with Crippen LogP contribution in [0, 0.1) is 20.8 Å². The molecule has 2 rings (SSSR count). The fourth-order valence-corrected chi connectivity index (χ4v) is 2.12. The molecule has 2 aromatic rings. The Balaban J connectivity index is 1.98. The van der Waals surface area contributed by atoms with Crippen LogP contribution in [-0.4, -0.2) is 18.0 Å². The lowest BCUT2D eigenvalue weighted by atomic mass is 10.1. The minimum atomic E-state index is -0.808. The molecule has 118 valence electrons. The topological polar surface area (TPSA) is 70.6 Å². The molecule has 5 nitrogen and oxygen atoms in total. The predicted molar refractivity (Wildman–Crippen MR) is 91.5 cm³/mol. The van der Waals surface area contributed by atoms with Gasteiger partial charge >= 0.3 is 11.8 Å². The van der Waals surface area contributed by atoms with Crippen molar-refractivity contribution in [2.75, 3.05) is 5.32 Å². The van der Waals surface area contributed by atoms with Crippen molar-refractivity contribution in [3.63, 3.8) is 0 Å². The third kappa shape index (κ3) is 4.26. The van der Waals surface area contributed by atoms with E-state index in [2.05, 4.69) is 15.8 Å². The van der Waals surface area contributed by atoms with E-state index in [1.807, 2.05) is 63.2 Å².